The third kappa shape index (κ3) is 5.73. The van der Waals surface area contributed by atoms with Crippen molar-refractivity contribution in [3.05, 3.63) is 58.7 Å². The number of anilines is 1. The highest BCUT2D eigenvalue weighted by molar-refractivity contribution is 6.31. The lowest BCUT2D eigenvalue weighted by Crippen LogP contribution is -2.37. The maximum Gasteiger partial charge on any atom is 0.491 e. The molecule has 0 saturated heterocycles. The number of nitrogens with two attached hydrogens (primary N) is 1. The summed E-state index contributed by atoms with van der Waals surface area (Å²) in [5.74, 6) is -5.05. The van der Waals surface area contributed by atoms with Crippen molar-refractivity contribution in [2.45, 2.75) is 38.9 Å². The number of ether oxygens (including phenoxy) is 2. The number of rotatable bonds is 9. The summed E-state index contributed by atoms with van der Waals surface area (Å²) in [5, 5.41) is 2.99. The van der Waals surface area contributed by atoms with Crippen molar-refractivity contribution >= 4 is 29.2 Å². The number of hydrogen-bond acceptors (Lipinski definition) is 8. The van der Waals surface area contributed by atoms with Gasteiger partial charge in [0.25, 0.3) is 0 Å². The molecule has 0 spiro atoms. The molecule has 0 unspecified atom stereocenters. The van der Waals surface area contributed by atoms with Crippen LogP contribution in [0, 0.1) is 5.92 Å². The van der Waals surface area contributed by atoms with E-state index in [1.165, 1.54) is 24.3 Å². The SMILES string of the molecule is CC(C)[C@H](N)C(=O)OCCCCNc1ccc(OC(=O)C(F)(F)F)c2c1C(=O)c1ccccc1C2=O. The summed E-state index contributed by atoms with van der Waals surface area (Å²) in [4.78, 5) is 49.6. The topological polar surface area (TPSA) is 125 Å². The van der Waals surface area contributed by atoms with Gasteiger partial charge in [0.1, 0.15) is 11.8 Å². The minimum Gasteiger partial charge on any atom is -0.465 e. The minimum absolute atomic E-state index is 0.00196. The number of ketones is 2. The molecule has 36 heavy (non-hydrogen) atoms. The average Bonchev–Trinajstić information content (AvgIpc) is 2.83. The molecular formula is C25H25F3N2O6. The minimum atomic E-state index is -5.29. The van der Waals surface area contributed by atoms with Crippen LogP contribution in [0.3, 0.4) is 0 Å². The molecule has 0 fully saturated rings. The first-order valence-corrected chi connectivity index (χ1v) is 11.2. The van der Waals surface area contributed by atoms with E-state index < -0.39 is 47.0 Å². The van der Waals surface area contributed by atoms with E-state index in [1.807, 2.05) is 0 Å². The lowest BCUT2D eigenvalue weighted by atomic mass is 9.82. The van der Waals surface area contributed by atoms with E-state index in [4.69, 9.17) is 10.5 Å². The molecule has 11 heteroatoms. The highest BCUT2D eigenvalue weighted by atomic mass is 19.4. The van der Waals surface area contributed by atoms with Crippen LogP contribution in [0.1, 0.15) is 58.5 Å². The van der Waals surface area contributed by atoms with Gasteiger partial charge in [0.2, 0.25) is 0 Å². The van der Waals surface area contributed by atoms with Crippen LogP contribution in [0.2, 0.25) is 0 Å². The second-order valence-corrected chi connectivity index (χ2v) is 8.52. The molecule has 1 aliphatic carbocycles. The molecule has 0 bridgehead atoms. The van der Waals surface area contributed by atoms with Gasteiger partial charge in [-0.25, -0.2) is 4.79 Å². The summed E-state index contributed by atoms with van der Waals surface area (Å²) in [7, 11) is 0. The second-order valence-electron chi connectivity index (χ2n) is 8.52. The lowest BCUT2D eigenvalue weighted by Gasteiger charge is -2.23. The Morgan fingerprint density at radius 2 is 1.58 bits per heavy atom. The van der Waals surface area contributed by atoms with E-state index in [0.717, 1.165) is 6.07 Å². The first-order valence-electron chi connectivity index (χ1n) is 11.2. The highest BCUT2D eigenvalue weighted by Gasteiger charge is 2.43. The molecule has 8 nitrogen and oxygen atoms in total. The van der Waals surface area contributed by atoms with Crippen molar-refractivity contribution < 1.29 is 41.8 Å². The van der Waals surface area contributed by atoms with E-state index in [-0.39, 0.29) is 34.9 Å². The monoisotopic (exact) mass is 506 g/mol. The molecule has 0 aromatic heterocycles. The van der Waals surface area contributed by atoms with Crippen LogP contribution < -0.4 is 15.8 Å². The van der Waals surface area contributed by atoms with E-state index in [1.54, 1.807) is 19.9 Å². The summed E-state index contributed by atoms with van der Waals surface area (Å²) in [6.07, 6.45) is -4.31. The number of hydrogen-bond donors (Lipinski definition) is 2. The normalized spacial score (nSPS) is 13.6. The summed E-state index contributed by atoms with van der Waals surface area (Å²) in [6, 6.07) is 7.48. The van der Waals surface area contributed by atoms with Gasteiger partial charge >= 0.3 is 18.1 Å². The Kier molecular flexibility index (Phi) is 8.13. The quantitative estimate of drug-likeness (QED) is 0.256. The third-order valence-corrected chi connectivity index (χ3v) is 5.59. The van der Waals surface area contributed by atoms with Crippen molar-refractivity contribution in [3.63, 3.8) is 0 Å². The van der Waals surface area contributed by atoms with Crippen molar-refractivity contribution in [2.75, 3.05) is 18.5 Å². The largest absolute Gasteiger partial charge is 0.491 e. The highest BCUT2D eigenvalue weighted by Crippen LogP contribution is 2.38. The zero-order chi connectivity index (χ0) is 26.6. The van der Waals surface area contributed by atoms with Gasteiger partial charge in [-0.05, 0) is 30.9 Å². The number of esters is 2. The molecule has 3 N–H and O–H groups in total. The first-order chi connectivity index (χ1) is 16.9. The molecule has 0 radical (unpaired) electrons. The van der Waals surface area contributed by atoms with Crippen LogP contribution in [-0.2, 0) is 14.3 Å². The molecule has 2 aromatic carbocycles. The lowest BCUT2D eigenvalue weighted by molar-refractivity contribution is -0.189. The first kappa shape index (κ1) is 26.9. The van der Waals surface area contributed by atoms with Gasteiger partial charge in [-0.1, -0.05) is 38.1 Å². The van der Waals surface area contributed by atoms with E-state index >= 15 is 0 Å². The summed E-state index contributed by atoms with van der Waals surface area (Å²) >= 11 is 0. The maximum atomic E-state index is 13.2. The fourth-order valence-corrected chi connectivity index (χ4v) is 3.57. The van der Waals surface area contributed by atoms with Gasteiger partial charge in [0, 0.05) is 23.4 Å². The molecular weight excluding hydrogens is 481 g/mol. The standard InChI is InChI=1S/C25H25F3N2O6/c1-13(2)20(29)23(33)35-12-6-5-11-30-16-9-10-17(36-24(34)25(26,27)28)19-18(16)21(31)14-7-3-4-8-15(14)22(19)32/h3-4,7-10,13,20,30H,5-6,11-12,29H2,1-2H3/t20-/m0/s1. The number of carbonyl (C=O) groups excluding carboxylic acids is 4. The van der Waals surface area contributed by atoms with Crippen molar-refractivity contribution in [1.82, 2.24) is 0 Å². The molecule has 0 amide bonds. The molecule has 0 aliphatic heterocycles. The Bertz CT molecular complexity index is 1190. The number of nitrogens with one attached hydrogen (secondary N) is 1. The Labute approximate surface area is 204 Å². The Balaban J connectivity index is 1.78. The van der Waals surface area contributed by atoms with E-state index in [9.17, 15) is 32.3 Å². The predicted molar refractivity (Wildman–Crippen MR) is 123 cm³/mol. The number of carbonyl (C=O) groups is 4. The van der Waals surface area contributed by atoms with Gasteiger partial charge in [0.15, 0.2) is 11.6 Å². The fraction of sp³-hybridized carbons (Fsp3) is 0.360. The van der Waals surface area contributed by atoms with Gasteiger partial charge in [-0.15, -0.1) is 0 Å². The van der Waals surface area contributed by atoms with Gasteiger partial charge < -0.3 is 20.5 Å². The van der Waals surface area contributed by atoms with Crippen LogP contribution in [-0.4, -0.2) is 48.9 Å². The summed E-state index contributed by atoms with van der Waals surface area (Å²) in [6.45, 7) is 4.04. The predicted octanol–water partition coefficient (Wildman–Crippen LogP) is 3.65. The Morgan fingerprint density at radius 1 is 0.972 bits per heavy atom. The van der Waals surface area contributed by atoms with Crippen LogP contribution in [0.25, 0.3) is 0 Å². The second kappa shape index (κ2) is 10.9. The molecule has 192 valence electrons. The zero-order valence-corrected chi connectivity index (χ0v) is 19.6. The zero-order valence-electron chi connectivity index (χ0n) is 19.6. The van der Waals surface area contributed by atoms with Gasteiger partial charge in [-0.2, -0.15) is 13.2 Å². The molecule has 0 heterocycles. The van der Waals surface area contributed by atoms with Crippen molar-refractivity contribution in [2.24, 2.45) is 11.7 Å². The molecule has 0 saturated carbocycles. The summed E-state index contributed by atoms with van der Waals surface area (Å²) < 4.78 is 47.9. The molecule has 3 rings (SSSR count). The number of unbranched alkanes of at least 4 members (excludes halogenated alkanes) is 1. The van der Waals surface area contributed by atoms with E-state index in [2.05, 4.69) is 10.1 Å². The average molecular weight is 506 g/mol. The van der Waals surface area contributed by atoms with Crippen molar-refractivity contribution in [1.29, 1.82) is 0 Å². The molecule has 1 aliphatic rings. The van der Waals surface area contributed by atoms with Crippen LogP contribution in [0.15, 0.2) is 36.4 Å². The molecule has 2 aromatic rings. The fourth-order valence-electron chi connectivity index (χ4n) is 3.57. The number of alkyl halides is 3. The van der Waals surface area contributed by atoms with Crippen LogP contribution in [0.5, 0.6) is 5.75 Å². The number of fused-ring (bicyclic) bond motifs is 2. The Hall–Kier alpha value is -3.73. The number of benzene rings is 2. The Morgan fingerprint density at radius 3 is 2.17 bits per heavy atom. The van der Waals surface area contributed by atoms with Gasteiger partial charge in [-0.3, -0.25) is 14.4 Å². The third-order valence-electron chi connectivity index (χ3n) is 5.59. The maximum absolute atomic E-state index is 13.2. The van der Waals surface area contributed by atoms with Crippen LogP contribution in [0.4, 0.5) is 18.9 Å². The van der Waals surface area contributed by atoms with Crippen LogP contribution >= 0.6 is 0 Å². The number of halogens is 3. The van der Waals surface area contributed by atoms with E-state index in [0.29, 0.717) is 19.4 Å². The summed E-state index contributed by atoms with van der Waals surface area (Å²) in [5.41, 5.74) is 5.41. The van der Waals surface area contributed by atoms with Crippen molar-refractivity contribution in [3.8, 4) is 5.75 Å². The van der Waals surface area contributed by atoms with Gasteiger partial charge in [0.05, 0.1) is 17.7 Å². The smallest absolute Gasteiger partial charge is 0.465 e. The molecule has 1 atom stereocenters.